The zero-order chi connectivity index (χ0) is 14.9. The van der Waals surface area contributed by atoms with Crippen LogP contribution in [0.2, 0.25) is 0 Å². The fourth-order valence-electron chi connectivity index (χ4n) is 3.79. The second-order valence-corrected chi connectivity index (χ2v) is 8.69. The van der Waals surface area contributed by atoms with E-state index >= 15 is 0 Å². The van der Waals surface area contributed by atoms with E-state index in [0.29, 0.717) is 43.9 Å². The van der Waals surface area contributed by atoms with Crippen LogP contribution in [0.25, 0.3) is 0 Å². The quantitative estimate of drug-likeness (QED) is 0.854. The summed E-state index contributed by atoms with van der Waals surface area (Å²) in [7, 11) is -3.36. The van der Waals surface area contributed by atoms with Crippen LogP contribution in [0.1, 0.15) is 40.0 Å². The fourth-order valence-corrected chi connectivity index (χ4v) is 5.97. The molecule has 4 atom stereocenters. The molecule has 0 radical (unpaired) electrons. The summed E-state index contributed by atoms with van der Waals surface area (Å²) in [6.07, 6.45) is 3.12. The predicted octanol–water partition coefficient (Wildman–Crippen LogP) is 1.27. The lowest BCUT2D eigenvalue weighted by molar-refractivity contribution is 0.160. The van der Waals surface area contributed by atoms with Gasteiger partial charge < -0.3 is 5.73 Å². The summed E-state index contributed by atoms with van der Waals surface area (Å²) < 4.78 is 29.2. The lowest BCUT2D eigenvalue weighted by atomic mass is 9.93. The van der Waals surface area contributed by atoms with E-state index in [1.54, 1.807) is 8.61 Å². The predicted molar refractivity (Wildman–Crippen MR) is 81.4 cm³/mol. The van der Waals surface area contributed by atoms with Crippen LogP contribution in [0.4, 0.5) is 0 Å². The average Bonchev–Trinajstić information content (AvgIpc) is 2.37. The standard InChI is InChI=1S/C14H29N3O2S/c1-11-7-12(2)10-16(9-11)20(18,19)17-6-4-5-13(3)14(17)8-15/h11-14H,4-10,15H2,1-3H3/t11-,12+,13-,14+/m0/s1. The summed E-state index contributed by atoms with van der Waals surface area (Å²) in [6, 6.07) is -0.0405. The van der Waals surface area contributed by atoms with Gasteiger partial charge in [0.25, 0.3) is 10.2 Å². The second kappa shape index (κ2) is 6.30. The van der Waals surface area contributed by atoms with Crippen molar-refractivity contribution in [2.45, 2.75) is 46.1 Å². The highest BCUT2D eigenvalue weighted by Gasteiger charge is 2.40. The van der Waals surface area contributed by atoms with Gasteiger partial charge in [0.15, 0.2) is 0 Å². The summed E-state index contributed by atoms with van der Waals surface area (Å²) in [6.45, 7) is 8.71. The van der Waals surface area contributed by atoms with E-state index in [1.807, 2.05) is 0 Å². The molecule has 2 aliphatic heterocycles. The molecule has 2 rings (SSSR count). The zero-order valence-electron chi connectivity index (χ0n) is 13.0. The minimum atomic E-state index is -3.36. The van der Waals surface area contributed by atoms with Gasteiger partial charge in [0.1, 0.15) is 0 Å². The molecular weight excluding hydrogens is 274 g/mol. The van der Waals surface area contributed by atoms with Crippen LogP contribution in [0.15, 0.2) is 0 Å². The van der Waals surface area contributed by atoms with Crippen molar-refractivity contribution in [3.63, 3.8) is 0 Å². The third-order valence-electron chi connectivity index (χ3n) is 4.76. The maximum absolute atomic E-state index is 12.9. The van der Waals surface area contributed by atoms with Crippen molar-refractivity contribution in [1.82, 2.24) is 8.61 Å². The Hall–Kier alpha value is -0.170. The Labute approximate surface area is 123 Å². The first-order valence-electron chi connectivity index (χ1n) is 7.83. The van der Waals surface area contributed by atoms with Gasteiger partial charge in [0, 0.05) is 32.2 Å². The fraction of sp³-hybridized carbons (Fsp3) is 1.00. The molecule has 0 aromatic heterocycles. The van der Waals surface area contributed by atoms with Gasteiger partial charge in [-0.05, 0) is 37.0 Å². The van der Waals surface area contributed by atoms with Crippen LogP contribution in [0, 0.1) is 17.8 Å². The minimum Gasteiger partial charge on any atom is -0.329 e. The molecule has 0 aliphatic carbocycles. The van der Waals surface area contributed by atoms with Crippen molar-refractivity contribution in [2.75, 3.05) is 26.2 Å². The topological polar surface area (TPSA) is 66.6 Å². The normalized spacial score (nSPS) is 38.0. The lowest BCUT2D eigenvalue weighted by Crippen LogP contribution is -2.57. The molecule has 5 nitrogen and oxygen atoms in total. The Kier molecular flexibility index (Phi) is 5.10. The smallest absolute Gasteiger partial charge is 0.282 e. The van der Waals surface area contributed by atoms with Crippen molar-refractivity contribution in [3.8, 4) is 0 Å². The van der Waals surface area contributed by atoms with Gasteiger partial charge in [-0.25, -0.2) is 0 Å². The van der Waals surface area contributed by atoms with Gasteiger partial charge in [-0.1, -0.05) is 20.8 Å². The third-order valence-corrected chi connectivity index (χ3v) is 6.76. The van der Waals surface area contributed by atoms with Crippen LogP contribution in [-0.2, 0) is 10.2 Å². The van der Waals surface area contributed by atoms with Crippen LogP contribution in [-0.4, -0.2) is 49.2 Å². The number of nitrogens with zero attached hydrogens (tertiary/aromatic N) is 2. The molecule has 0 amide bonds. The third kappa shape index (κ3) is 3.18. The monoisotopic (exact) mass is 303 g/mol. The Bertz CT molecular complexity index is 416. The largest absolute Gasteiger partial charge is 0.329 e. The molecule has 0 aromatic rings. The van der Waals surface area contributed by atoms with Crippen LogP contribution in [0.3, 0.4) is 0 Å². The van der Waals surface area contributed by atoms with Gasteiger partial charge >= 0.3 is 0 Å². The Morgan fingerprint density at radius 1 is 1.15 bits per heavy atom. The molecule has 6 heteroatoms. The van der Waals surface area contributed by atoms with Crippen LogP contribution < -0.4 is 5.73 Å². The highest BCUT2D eigenvalue weighted by atomic mass is 32.2. The van der Waals surface area contributed by atoms with Gasteiger partial charge in [-0.15, -0.1) is 0 Å². The molecule has 0 saturated carbocycles. The van der Waals surface area contributed by atoms with E-state index in [4.69, 9.17) is 5.73 Å². The number of hydrogen-bond acceptors (Lipinski definition) is 3. The molecule has 0 spiro atoms. The first-order chi connectivity index (χ1) is 9.36. The Balaban J connectivity index is 2.20. The van der Waals surface area contributed by atoms with E-state index in [2.05, 4.69) is 20.8 Å². The molecule has 2 fully saturated rings. The number of rotatable bonds is 3. The first kappa shape index (κ1) is 16.2. The summed E-state index contributed by atoms with van der Waals surface area (Å²) in [4.78, 5) is 0. The molecular formula is C14H29N3O2S. The molecule has 2 N–H and O–H groups in total. The maximum atomic E-state index is 12.9. The average molecular weight is 303 g/mol. The summed E-state index contributed by atoms with van der Waals surface area (Å²) in [5.41, 5.74) is 5.84. The summed E-state index contributed by atoms with van der Waals surface area (Å²) >= 11 is 0. The Morgan fingerprint density at radius 3 is 2.30 bits per heavy atom. The van der Waals surface area contributed by atoms with Crippen molar-refractivity contribution in [1.29, 1.82) is 0 Å². The highest BCUT2D eigenvalue weighted by molar-refractivity contribution is 7.86. The molecule has 0 bridgehead atoms. The Morgan fingerprint density at radius 2 is 1.75 bits per heavy atom. The van der Waals surface area contributed by atoms with Crippen LogP contribution in [0.5, 0.6) is 0 Å². The zero-order valence-corrected chi connectivity index (χ0v) is 13.8. The molecule has 0 aromatic carbocycles. The molecule has 2 aliphatic rings. The number of nitrogens with two attached hydrogens (primary N) is 1. The number of piperidine rings is 2. The minimum absolute atomic E-state index is 0.0405. The van der Waals surface area contributed by atoms with E-state index in [0.717, 1.165) is 19.3 Å². The van der Waals surface area contributed by atoms with Crippen molar-refractivity contribution < 1.29 is 8.42 Å². The maximum Gasteiger partial charge on any atom is 0.282 e. The van der Waals surface area contributed by atoms with E-state index in [9.17, 15) is 8.42 Å². The van der Waals surface area contributed by atoms with Crippen molar-refractivity contribution >= 4 is 10.2 Å². The molecule has 2 heterocycles. The van der Waals surface area contributed by atoms with E-state index in [-0.39, 0.29) is 6.04 Å². The lowest BCUT2D eigenvalue weighted by Gasteiger charge is -2.43. The van der Waals surface area contributed by atoms with Crippen molar-refractivity contribution in [2.24, 2.45) is 23.5 Å². The second-order valence-electron chi connectivity index (χ2n) is 6.80. The summed E-state index contributed by atoms with van der Waals surface area (Å²) in [5, 5.41) is 0. The van der Waals surface area contributed by atoms with Crippen molar-refractivity contribution in [3.05, 3.63) is 0 Å². The molecule has 2 saturated heterocycles. The molecule has 20 heavy (non-hydrogen) atoms. The van der Waals surface area contributed by atoms with E-state index < -0.39 is 10.2 Å². The highest BCUT2D eigenvalue weighted by Crippen LogP contribution is 2.30. The van der Waals surface area contributed by atoms with Gasteiger partial charge in [-0.3, -0.25) is 0 Å². The number of hydrogen-bond donors (Lipinski definition) is 1. The van der Waals surface area contributed by atoms with Gasteiger partial charge in [-0.2, -0.15) is 17.0 Å². The van der Waals surface area contributed by atoms with Gasteiger partial charge in [0.2, 0.25) is 0 Å². The SMILES string of the molecule is C[C@@H]1C[C@H](C)CN(S(=O)(=O)N2CCC[C@H](C)[C@H]2CN)C1. The van der Waals surface area contributed by atoms with Crippen LogP contribution >= 0.6 is 0 Å². The van der Waals surface area contributed by atoms with Gasteiger partial charge in [0.05, 0.1) is 0 Å². The summed E-state index contributed by atoms with van der Waals surface area (Å²) in [5.74, 6) is 1.22. The molecule has 118 valence electrons. The molecule has 0 unspecified atom stereocenters. The first-order valence-corrected chi connectivity index (χ1v) is 9.23. The van der Waals surface area contributed by atoms with E-state index in [1.165, 1.54) is 0 Å².